The first-order valence-electron chi connectivity index (χ1n) is 4.63. The van der Waals surface area contributed by atoms with Crippen LogP contribution in [0, 0.1) is 13.8 Å². The number of aromatic nitrogens is 2. The normalized spacial score (nSPS) is 22.2. The van der Waals surface area contributed by atoms with E-state index in [0.29, 0.717) is 6.04 Å². The molecule has 1 fully saturated rings. The van der Waals surface area contributed by atoms with E-state index in [2.05, 4.69) is 22.4 Å². The highest BCUT2D eigenvalue weighted by Crippen LogP contribution is 2.24. The van der Waals surface area contributed by atoms with Gasteiger partial charge in [0.15, 0.2) is 0 Å². The van der Waals surface area contributed by atoms with Crippen molar-refractivity contribution in [1.29, 1.82) is 0 Å². The molecule has 2 N–H and O–H groups in total. The predicted octanol–water partition coefficient (Wildman–Crippen LogP) is 1.94. The fraction of sp³-hybridized carbons (Fsp3) is 0.667. The van der Waals surface area contributed by atoms with Crippen LogP contribution in [0.4, 0.5) is 5.69 Å². The van der Waals surface area contributed by atoms with Crippen LogP contribution < -0.4 is 5.32 Å². The Bertz CT molecular complexity index is 270. The maximum absolute atomic E-state index is 4.16. The topological polar surface area (TPSA) is 40.7 Å². The fourth-order valence-electron chi connectivity index (χ4n) is 1.62. The predicted molar refractivity (Wildman–Crippen MR) is 57.4 cm³/mol. The fourth-order valence-corrected chi connectivity index (χ4v) is 2.77. The summed E-state index contributed by atoms with van der Waals surface area (Å²) in [4.78, 5) is 0. The molecule has 0 radical (unpaired) electrons. The Morgan fingerprint density at radius 3 is 2.92 bits per heavy atom. The van der Waals surface area contributed by atoms with Crippen molar-refractivity contribution in [3.05, 3.63) is 11.4 Å². The minimum atomic E-state index is 0.639. The zero-order chi connectivity index (χ0) is 9.26. The maximum atomic E-state index is 4.16. The second-order valence-corrected chi connectivity index (χ2v) is 4.66. The number of hydrogen-bond donors (Lipinski definition) is 2. The highest BCUT2D eigenvalue weighted by Gasteiger charge is 2.17. The second-order valence-electron chi connectivity index (χ2n) is 3.51. The third kappa shape index (κ3) is 1.82. The first-order chi connectivity index (χ1) is 6.27. The van der Waals surface area contributed by atoms with E-state index in [9.17, 15) is 0 Å². The van der Waals surface area contributed by atoms with Gasteiger partial charge in [-0.25, -0.2) is 0 Å². The standard InChI is InChI=1S/C9H15N3S/c1-6-9(7(2)12-11-6)10-8-3-4-13-5-8/h8,10H,3-5H2,1-2H3,(H,11,12). The van der Waals surface area contributed by atoms with Crippen molar-refractivity contribution >= 4 is 17.4 Å². The molecule has 0 amide bonds. The summed E-state index contributed by atoms with van der Waals surface area (Å²) < 4.78 is 0. The van der Waals surface area contributed by atoms with E-state index in [0.717, 1.165) is 11.4 Å². The zero-order valence-electron chi connectivity index (χ0n) is 8.05. The van der Waals surface area contributed by atoms with Gasteiger partial charge in [-0.3, -0.25) is 5.10 Å². The van der Waals surface area contributed by atoms with E-state index in [4.69, 9.17) is 0 Å². The molecular weight excluding hydrogens is 182 g/mol. The number of aryl methyl sites for hydroxylation is 2. The Morgan fingerprint density at radius 2 is 2.38 bits per heavy atom. The third-order valence-corrected chi connectivity index (χ3v) is 3.57. The van der Waals surface area contributed by atoms with Crippen molar-refractivity contribution in [1.82, 2.24) is 10.2 Å². The molecule has 1 unspecified atom stereocenters. The van der Waals surface area contributed by atoms with Gasteiger partial charge in [-0.15, -0.1) is 0 Å². The molecule has 0 aliphatic carbocycles. The molecule has 0 bridgehead atoms. The van der Waals surface area contributed by atoms with Gasteiger partial charge < -0.3 is 5.32 Å². The summed E-state index contributed by atoms with van der Waals surface area (Å²) in [7, 11) is 0. The lowest BCUT2D eigenvalue weighted by Gasteiger charge is -2.12. The lowest BCUT2D eigenvalue weighted by atomic mass is 10.2. The number of anilines is 1. The molecule has 1 atom stereocenters. The van der Waals surface area contributed by atoms with E-state index < -0.39 is 0 Å². The lowest BCUT2D eigenvalue weighted by Crippen LogP contribution is -2.18. The van der Waals surface area contributed by atoms with Crippen LogP contribution in [-0.4, -0.2) is 27.7 Å². The van der Waals surface area contributed by atoms with Crippen molar-refractivity contribution in [3.63, 3.8) is 0 Å². The molecule has 4 heteroatoms. The molecular formula is C9H15N3S. The van der Waals surface area contributed by atoms with Gasteiger partial charge in [0.1, 0.15) is 0 Å². The molecule has 1 saturated heterocycles. The quantitative estimate of drug-likeness (QED) is 0.761. The number of thioether (sulfide) groups is 1. The molecule has 72 valence electrons. The molecule has 2 heterocycles. The van der Waals surface area contributed by atoms with E-state index in [1.807, 2.05) is 18.7 Å². The molecule has 13 heavy (non-hydrogen) atoms. The monoisotopic (exact) mass is 197 g/mol. The van der Waals surface area contributed by atoms with E-state index in [1.165, 1.54) is 23.6 Å². The largest absolute Gasteiger partial charge is 0.378 e. The summed E-state index contributed by atoms with van der Waals surface area (Å²) in [6.45, 7) is 4.10. The van der Waals surface area contributed by atoms with Gasteiger partial charge in [0, 0.05) is 11.8 Å². The molecule has 0 aromatic carbocycles. The van der Waals surface area contributed by atoms with Crippen molar-refractivity contribution < 1.29 is 0 Å². The van der Waals surface area contributed by atoms with Gasteiger partial charge in [-0.2, -0.15) is 16.9 Å². The first kappa shape index (κ1) is 8.94. The van der Waals surface area contributed by atoms with E-state index in [-0.39, 0.29) is 0 Å². The average Bonchev–Trinajstić information content (AvgIpc) is 2.70. The molecule has 3 nitrogen and oxygen atoms in total. The van der Waals surface area contributed by atoms with Crippen molar-refractivity contribution in [2.45, 2.75) is 26.3 Å². The van der Waals surface area contributed by atoms with Crippen LogP contribution in [0.25, 0.3) is 0 Å². The summed E-state index contributed by atoms with van der Waals surface area (Å²) in [5.41, 5.74) is 3.43. The Kier molecular flexibility index (Phi) is 2.49. The van der Waals surface area contributed by atoms with E-state index in [1.54, 1.807) is 0 Å². The molecule has 1 aromatic heterocycles. The number of rotatable bonds is 2. The number of H-pyrrole nitrogens is 1. The maximum Gasteiger partial charge on any atom is 0.0825 e. The molecule has 2 rings (SSSR count). The molecule has 0 spiro atoms. The Labute approximate surface area is 82.7 Å². The number of nitrogens with zero attached hydrogens (tertiary/aromatic N) is 1. The summed E-state index contributed by atoms with van der Waals surface area (Å²) >= 11 is 2.02. The number of nitrogens with one attached hydrogen (secondary N) is 2. The summed E-state index contributed by atoms with van der Waals surface area (Å²) in [6.07, 6.45) is 1.27. The van der Waals surface area contributed by atoms with Crippen molar-refractivity contribution in [2.24, 2.45) is 0 Å². The Balaban J connectivity index is 2.07. The third-order valence-electron chi connectivity index (χ3n) is 2.41. The smallest absolute Gasteiger partial charge is 0.0825 e. The van der Waals surface area contributed by atoms with Crippen LogP contribution in [0.15, 0.2) is 0 Å². The number of aromatic amines is 1. The summed E-state index contributed by atoms with van der Waals surface area (Å²) in [5.74, 6) is 2.51. The van der Waals surface area contributed by atoms with Gasteiger partial charge in [0.2, 0.25) is 0 Å². The Morgan fingerprint density at radius 1 is 1.54 bits per heavy atom. The van der Waals surface area contributed by atoms with Crippen molar-refractivity contribution in [2.75, 3.05) is 16.8 Å². The lowest BCUT2D eigenvalue weighted by molar-refractivity contribution is 0.810. The van der Waals surface area contributed by atoms with Gasteiger partial charge in [0.25, 0.3) is 0 Å². The highest BCUT2D eigenvalue weighted by atomic mass is 32.2. The molecule has 0 saturated carbocycles. The minimum absolute atomic E-state index is 0.639. The van der Waals surface area contributed by atoms with Gasteiger partial charge >= 0.3 is 0 Å². The van der Waals surface area contributed by atoms with Gasteiger partial charge in [0.05, 0.1) is 17.1 Å². The first-order valence-corrected chi connectivity index (χ1v) is 5.78. The molecule has 1 aliphatic heterocycles. The van der Waals surface area contributed by atoms with E-state index >= 15 is 0 Å². The van der Waals surface area contributed by atoms with Gasteiger partial charge in [-0.1, -0.05) is 0 Å². The highest BCUT2D eigenvalue weighted by molar-refractivity contribution is 7.99. The average molecular weight is 197 g/mol. The van der Waals surface area contributed by atoms with Crippen LogP contribution >= 0.6 is 11.8 Å². The summed E-state index contributed by atoms with van der Waals surface area (Å²) in [5, 5.41) is 10.7. The number of hydrogen-bond acceptors (Lipinski definition) is 3. The van der Waals surface area contributed by atoms with Crippen LogP contribution in [0.3, 0.4) is 0 Å². The molecule has 1 aromatic rings. The van der Waals surface area contributed by atoms with Crippen LogP contribution in [-0.2, 0) is 0 Å². The molecule has 1 aliphatic rings. The summed E-state index contributed by atoms with van der Waals surface area (Å²) in [6, 6.07) is 0.639. The van der Waals surface area contributed by atoms with Gasteiger partial charge in [-0.05, 0) is 26.0 Å². The zero-order valence-corrected chi connectivity index (χ0v) is 8.87. The van der Waals surface area contributed by atoms with Crippen molar-refractivity contribution in [3.8, 4) is 0 Å². The van der Waals surface area contributed by atoms with Crippen LogP contribution in [0.5, 0.6) is 0 Å². The van der Waals surface area contributed by atoms with Crippen LogP contribution in [0.2, 0.25) is 0 Å². The SMILES string of the molecule is Cc1n[nH]c(C)c1NC1CCSC1. The van der Waals surface area contributed by atoms with Crippen LogP contribution in [0.1, 0.15) is 17.8 Å². The second kappa shape index (κ2) is 3.62. The minimum Gasteiger partial charge on any atom is -0.378 e. The Hall–Kier alpha value is -0.640.